The number of rotatable bonds is 5. The lowest BCUT2D eigenvalue weighted by atomic mass is 10.1. The molecule has 27 heavy (non-hydrogen) atoms. The number of anilines is 1. The predicted molar refractivity (Wildman–Crippen MR) is 95.8 cm³/mol. The van der Waals surface area contributed by atoms with E-state index in [0.29, 0.717) is 11.4 Å². The molecule has 3 aromatic carbocycles. The number of halogens is 3. The molecule has 0 unspecified atom stereocenters. The van der Waals surface area contributed by atoms with Crippen LogP contribution in [0.4, 0.5) is 18.9 Å². The number of hydrogen-bond acceptors (Lipinski definition) is 3. The molecule has 0 fully saturated rings. The van der Waals surface area contributed by atoms with E-state index >= 15 is 0 Å². The van der Waals surface area contributed by atoms with Gasteiger partial charge in [0, 0.05) is 5.69 Å². The fraction of sp³-hybridized carbons (Fsp3) is 0.150. The molecule has 3 rings (SSSR count). The summed E-state index contributed by atoms with van der Waals surface area (Å²) in [5.41, 5.74) is 0.337. The van der Waals surface area contributed by atoms with Crippen molar-refractivity contribution in [3.8, 4) is 11.5 Å². The van der Waals surface area contributed by atoms with Crippen molar-refractivity contribution in [3.63, 3.8) is 0 Å². The van der Waals surface area contributed by atoms with Crippen LogP contribution in [0.1, 0.15) is 6.92 Å². The lowest BCUT2D eigenvalue weighted by Gasteiger charge is -2.15. The molecule has 7 heteroatoms. The van der Waals surface area contributed by atoms with E-state index in [1.165, 1.54) is 12.1 Å². The number of alkyl halides is 3. The van der Waals surface area contributed by atoms with Gasteiger partial charge in [0.25, 0.3) is 5.91 Å². The van der Waals surface area contributed by atoms with Crippen LogP contribution in [0, 0.1) is 0 Å². The average molecular weight is 375 g/mol. The van der Waals surface area contributed by atoms with Crippen LogP contribution in [-0.2, 0) is 4.79 Å². The second-order valence-corrected chi connectivity index (χ2v) is 5.83. The molecule has 0 saturated carbocycles. The molecule has 0 radical (unpaired) electrons. The Hall–Kier alpha value is -3.22. The van der Waals surface area contributed by atoms with Gasteiger partial charge in [0.1, 0.15) is 11.5 Å². The Labute approximate surface area is 153 Å². The molecule has 3 aromatic rings. The highest BCUT2D eigenvalue weighted by Gasteiger charge is 2.31. The Morgan fingerprint density at radius 2 is 1.56 bits per heavy atom. The van der Waals surface area contributed by atoms with Crippen molar-refractivity contribution in [1.29, 1.82) is 0 Å². The minimum Gasteiger partial charge on any atom is -0.481 e. The van der Waals surface area contributed by atoms with Gasteiger partial charge in [0.2, 0.25) is 0 Å². The lowest BCUT2D eigenvalue weighted by Crippen LogP contribution is -2.30. The first-order chi connectivity index (χ1) is 12.8. The minimum atomic E-state index is -4.76. The monoisotopic (exact) mass is 375 g/mol. The Kier molecular flexibility index (Phi) is 5.21. The number of nitrogens with one attached hydrogen (secondary N) is 1. The van der Waals surface area contributed by atoms with Gasteiger partial charge in [0.05, 0.1) is 0 Å². The third kappa shape index (κ3) is 5.13. The molecule has 0 aliphatic carbocycles. The summed E-state index contributed by atoms with van der Waals surface area (Å²) in [5, 5.41) is 4.64. The normalized spacial score (nSPS) is 12.4. The van der Waals surface area contributed by atoms with E-state index in [2.05, 4.69) is 10.1 Å². The van der Waals surface area contributed by atoms with Crippen molar-refractivity contribution in [3.05, 3.63) is 66.7 Å². The first-order valence-corrected chi connectivity index (χ1v) is 8.12. The molecule has 0 bridgehead atoms. The Balaban J connectivity index is 1.61. The van der Waals surface area contributed by atoms with Crippen molar-refractivity contribution >= 4 is 22.4 Å². The summed E-state index contributed by atoms with van der Waals surface area (Å²) < 4.78 is 45.9. The third-order valence-corrected chi connectivity index (χ3v) is 3.76. The molecular weight excluding hydrogens is 359 g/mol. The highest BCUT2D eigenvalue weighted by molar-refractivity contribution is 5.94. The average Bonchev–Trinajstić information content (AvgIpc) is 2.62. The second-order valence-electron chi connectivity index (χ2n) is 5.83. The summed E-state index contributed by atoms with van der Waals surface area (Å²) in [6, 6.07) is 18.2. The van der Waals surface area contributed by atoms with Gasteiger partial charge < -0.3 is 14.8 Å². The molecule has 1 atom stereocenters. The quantitative estimate of drug-likeness (QED) is 0.671. The van der Waals surface area contributed by atoms with Gasteiger partial charge in [0.15, 0.2) is 6.10 Å². The SMILES string of the molecule is C[C@@H](Oc1ccc2ccccc2c1)C(=O)Nc1ccc(OC(F)(F)F)cc1. The number of hydrogen-bond donors (Lipinski definition) is 1. The molecule has 0 heterocycles. The van der Waals surface area contributed by atoms with Crippen molar-refractivity contribution in [2.45, 2.75) is 19.4 Å². The zero-order valence-electron chi connectivity index (χ0n) is 14.3. The molecule has 0 spiro atoms. The Morgan fingerprint density at radius 3 is 2.22 bits per heavy atom. The summed E-state index contributed by atoms with van der Waals surface area (Å²) in [6.45, 7) is 1.59. The maximum absolute atomic E-state index is 12.2. The summed E-state index contributed by atoms with van der Waals surface area (Å²) >= 11 is 0. The zero-order chi connectivity index (χ0) is 19.4. The van der Waals surface area contributed by atoms with Crippen molar-refractivity contribution < 1.29 is 27.4 Å². The Bertz CT molecular complexity index is 939. The summed E-state index contributed by atoms with van der Waals surface area (Å²) in [5.74, 6) is -0.237. The fourth-order valence-electron chi connectivity index (χ4n) is 2.48. The van der Waals surface area contributed by atoms with Gasteiger partial charge in [-0.1, -0.05) is 30.3 Å². The van der Waals surface area contributed by atoms with Crippen LogP contribution < -0.4 is 14.8 Å². The van der Waals surface area contributed by atoms with Crippen molar-refractivity contribution in [2.75, 3.05) is 5.32 Å². The first-order valence-electron chi connectivity index (χ1n) is 8.12. The summed E-state index contributed by atoms with van der Waals surface area (Å²) in [7, 11) is 0. The number of ether oxygens (including phenoxy) is 2. The molecule has 1 N–H and O–H groups in total. The van der Waals surface area contributed by atoms with E-state index in [-0.39, 0.29) is 5.75 Å². The standard InChI is InChI=1S/C20H16F3NO3/c1-13(26-18-9-6-14-4-2-3-5-15(14)12-18)19(25)24-16-7-10-17(11-8-16)27-20(21,22)23/h2-13H,1H3,(H,24,25)/t13-/m1/s1. The van der Waals surface area contributed by atoms with E-state index < -0.39 is 18.4 Å². The van der Waals surface area contributed by atoms with Crippen LogP contribution in [0.25, 0.3) is 10.8 Å². The van der Waals surface area contributed by atoms with Crippen molar-refractivity contribution in [1.82, 2.24) is 0 Å². The maximum Gasteiger partial charge on any atom is 0.573 e. The molecule has 140 valence electrons. The fourth-order valence-corrected chi connectivity index (χ4v) is 2.48. The van der Waals surface area contributed by atoms with E-state index in [0.717, 1.165) is 22.9 Å². The molecule has 0 saturated heterocycles. The van der Waals surface area contributed by atoms with Crippen LogP contribution >= 0.6 is 0 Å². The highest BCUT2D eigenvalue weighted by Crippen LogP contribution is 2.24. The molecule has 1 amide bonds. The second kappa shape index (κ2) is 7.57. The van der Waals surface area contributed by atoms with Gasteiger partial charge >= 0.3 is 6.36 Å². The van der Waals surface area contributed by atoms with E-state index in [1.54, 1.807) is 13.0 Å². The largest absolute Gasteiger partial charge is 0.573 e. The van der Waals surface area contributed by atoms with E-state index in [9.17, 15) is 18.0 Å². The molecule has 4 nitrogen and oxygen atoms in total. The first kappa shape index (κ1) is 18.6. The lowest BCUT2D eigenvalue weighted by molar-refractivity contribution is -0.274. The van der Waals surface area contributed by atoms with Crippen LogP contribution in [0.5, 0.6) is 11.5 Å². The van der Waals surface area contributed by atoms with Crippen LogP contribution in [0.15, 0.2) is 66.7 Å². The minimum absolute atomic E-state index is 0.337. The van der Waals surface area contributed by atoms with Gasteiger partial charge in [-0.05, 0) is 54.1 Å². The number of carbonyl (C=O) groups excluding carboxylic acids is 1. The molecular formula is C20H16F3NO3. The van der Waals surface area contributed by atoms with Crippen molar-refractivity contribution in [2.24, 2.45) is 0 Å². The van der Waals surface area contributed by atoms with Gasteiger partial charge in [-0.15, -0.1) is 13.2 Å². The predicted octanol–water partition coefficient (Wildman–Crippen LogP) is 5.14. The van der Waals surface area contributed by atoms with Gasteiger partial charge in [-0.2, -0.15) is 0 Å². The number of benzene rings is 3. The molecule has 0 aliphatic heterocycles. The number of fused-ring (bicyclic) bond motifs is 1. The molecule has 0 aromatic heterocycles. The number of amides is 1. The summed E-state index contributed by atoms with van der Waals surface area (Å²) in [4.78, 5) is 12.2. The van der Waals surface area contributed by atoms with Crippen LogP contribution in [0.3, 0.4) is 0 Å². The Morgan fingerprint density at radius 1 is 0.926 bits per heavy atom. The zero-order valence-corrected chi connectivity index (χ0v) is 14.3. The molecule has 0 aliphatic rings. The highest BCUT2D eigenvalue weighted by atomic mass is 19.4. The third-order valence-electron chi connectivity index (χ3n) is 3.76. The maximum atomic E-state index is 12.2. The number of carbonyl (C=O) groups is 1. The van der Waals surface area contributed by atoms with Crippen LogP contribution in [0.2, 0.25) is 0 Å². The van der Waals surface area contributed by atoms with Crippen LogP contribution in [-0.4, -0.2) is 18.4 Å². The van der Waals surface area contributed by atoms with Gasteiger partial charge in [-0.3, -0.25) is 4.79 Å². The topological polar surface area (TPSA) is 47.6 Å². The smallest absolute Gasteiger partial charge is 0.481 e. The summed E-state index contributed by atoms with van der Waals surface area (Å²) in [6.07, 6.45) is -5.55. The van der Waals surface area contributed by atoms with Gasteiger partial charge in [-0.25, -0.2) is 0 Å². The van der Waals surface area contributed by atoms with E-state index in [1.807, 2.05) is 36.4 Å². The van der Waals surface area contributed by atoms with E-state index in [4.69, 9.17) is 4.74 Å².